The molecule has 0 saturated heterocycles. The molecule has 0 spiro atoms. The fourth-order valence-electron chi connectivity index (χ4n) is 3.14. The number of phenolic OH excluding ortho intramolecular Hbond substituents is 1. The van der Waals surface area contributed by atoms with Gasteiger partial charge >= 0.3 is 6.09 Å². The van der Waals surface area contributed by atoms with Crippen LogP contribution in [0.1, 0.15) is 38.8 Å². The maximum Gasteiger partial charge on any atom is 0.408 e. The highest BCUT2D eigenvalue weighted by atomic mass is 35.5. The lowest BCUT2D eigenvalue weighted by molar-refractivity contribution is -0.130. The highest BCUT2D eigenvalue weighted by Gasteiger charge is 2.28. The summed E-state index contributed by atoms with van der Waals surface area (Å²) in [5, 5.41) is 28.4. The molecule has 0 aliphatic rings. The maximum atomic E-state index is 13.0. The number of aromatic hydroxyl groups is 1. The summed E-state index contributed by atoms with van der Waals surface area (Å²) in [5.74, 6) is -0.925. The number of nitrogens with zero attached hydrogens (tertiary/aromatic N) is 1. The molecular formula is C26H33ClN4O7. The summed E-state index contributed by atoms with van der Waals surface area (Å²) in [6.45, 7) is 6.47. The number of nitrogens with one attached hydrogen (secondary N) is 3. The van der Waals surface area contributed by atoms with Crippen molar-refractivity contribution in [3.8, 4) is 11.5 Å². The maximum absolute atomic E-state index is 13.0. The van der Waals surface area contributed by atoms with Gasteiger partial charge in [0, 0.05) is 17.0 Å². The van der Waals surface area contributed by atoms with Gasteiger partial charge in [0.15, 0.2) is 0 Å². The van der Waals surface area contributed by atoms with Gasteiger partial charge in [0.05, 0.1) is 19.4 Å². The molecule has 2 aromatic carbocycles. The smallest absolute Gasteiger partial charge is 0.408 e. The summed E-state index contributed by atoms with van der Waals surface area (Å²) in [7, 11) is 0. The molecule has 0 bridgehead atoms. The topological polar surface area (TPSA) is 159 Å². The first-order valence-corrected chi connectivity index (χ1v) is 12.2. The van der Waals surface area contributed by atoms with Crippen molar-refractivity contribution in [3.05, 3.63) is 58.6 Å². The number of hydrazone groups is 1. The third-order valence-electron chi connectivity index (χ3n) is 4.85. The molecule has 38 heavy (non-hydrogen) atoms. The van der Waals surface area contributed by atoms with Crippen LogP contribution in [0.5, 0.6) is 11.5 Å². The average Bonchev–Trinajstić information content (AvgIpc) is 2.83. The first kappa shape index (κ1) is 30.4. The molecule has 0 heterocycles. The third kappa shape index (κ3) is 10.3. The molecule has 0 aliphatic heterocycles. The average molecular weight is 549 g/mol. The normalized spacial score (nSPS) is 12.9. The van der Waals surface area contributed by atoms with Crippen molar-refractivity contribution in [1.82, 2.24) is 16.1 Å². The minimum atomic E-state index is -1.37. The zero-order valence-corrected chi connectivity index (χ0v) is 22.4. The number of aliphatic hydroxyl groups is 1. The molecule has 206 valence electrons. The second kappa shape index (κ2) is 14.2. The van der Waals surface area contributed by atoms with Crippen LogP contribution in [0.2, 0.25) is 5.02 Å². The summed E-state index contributed by atoms with van der Waals surface area (Å²) in [4.78, 5) is 38.0. The second-order valence-electron chi connectivity index (χ2n) is 9.16. The third-order valence-corrected chi connectivity index (χ3v) is 5.08. The Morgan fingerprint density at radius 2 is 1.74 bits per heavy atom. The van der Waals surface area contributed by atoms with E-state index in [0.717, 1.165) is 0 Å². The standard InChI is InChI=1S/C26H33ClN4O7/c1-5-37-22-11-8-18(27)13-17(22)14-28-31-24(35)20(12-16-6-9-19(33)10-7-16)29-23(34)21(15-32)30-25(36)38-26(2,3)4/h6-11,13-14,20-21,32-33H,5,12,15H2,1-4H3,(H,29,34)(H,30,36)(H,31,35)/b28-14-/t20-,21-/m0/s1. The number of aliphatic hydroxyl groups excluding tert-OH is 1. The van der Waals surface area contributed by atoms with E-state index >= 15 is 0 Å². The van der Waals surface area contributed by atoms with E-state index < -0.39 is 42.2 Å². The lowest BCUT2D eigenvalue weighted by Gasteiger charge is -2.24. The van der Waals surface area contributed by atoms with Gasteiger partial charge in [-0.1, -0.05) is 23.7 Å². The summed E-state index contributed by atoms with van der Waals surface area (Å²) >= 11 is 6.05. The van der Waals surface area contributed by atoms with Gasteiger partial charge in [0.25, 0.3) is 5.91 Å². The van der Waals surface area contributed by atoms with Gasteiger partial charge in [0.2, 0.25) is 5.91 Å². The largest absolute Gasteiger partial charge is 0.508 e. The monoisotopic (exact) mass is 548 g/mol. The van der Waals surface area contributed by atoms with E-state index in [1.807, 2.05) is 6.92 Å². The number of rotatable bonds is 11. The van der Waals surface area contributed by atoms with E-state index in [0.29, 0.717) is 28.5 Å². The second-order valence-corrected chi connectivity index (χ2v) is 9.60. The molecule has 2 aromatic rings. The Hall–Kier alpha value is -3.83. The van der Waals surface area contributed by atoms with Crippen LogP contribution >= 0.6 is 11.6 Å². The Bertz CT molecular complexity index is 1130. The Morgan fingerprint density at radius 1 is 1.05 bits per heavy atom. The van der Waals surface area contributed by atoms with Gasteiger partial charge in [-0.15, -0.1) is 0 Å². The van der Waals surface area contributed by atoms with Crippen LogP contribution in [0.15, 0.2) is 47.6 Å². The predicted molar refractivity (Wildman–Crippen MR) is 142 cm³/mol. The highest BCUT2D eigenvalue weighted by molar-refractivity contribution is 6.30. The predicted octanol–water partition coefficient (Wildman–Crippen LogP) is 2.51. The number of hydrogen-bond donors (Lipinski definition) is 5. The number of alkyl carbamates (subject to hydrolysis) is 1. The number of halogens is 1. The molecular weight excluding hydrogens is 516 g/mol. The zero-order valence-electron chi connectivity index (χ0n) is 21.7. The minimum Gasteiger partial charge on any atom is -0.508 e. The molecule has 0 radical (unpaired) electrons. The van der Waals surface area contributed by atoms with Gasteiger partial charge in [-0.05, 0) is 63.6 Å². The van der Waals surface area contributed by atoms with Crippen molar-refractivity contribution in [2.45, 2.75) is 51.8 Å². The molecule has 0 saturated carbocycles. The van der Waals surface area contributed by atoms with Gasteiger partial charge in [-0.25, -0.2) is 10.2 Å². The summed E-state index contributed by atoms with van der Waals surface area (Å²) in [6, 6.07) is 8.50. The molecule has 12 heteroatoms. The molecule has 0 unspecified atom stereocenters. The Balaban J connectivity index is 2.18. The fourth-order valence-corrected chi connectivity index (χ4v) is 3.32. The zero-order chi connectivity index (χ0) is 28.3. The summed E-state index contributed by atoms with van der Waals surface area (Å²) < 4.78 is 10.7. The van der Waals surface area contributed by atoms with Crippen LogP contribution < -0.4 is 20.8 Å². The quantitative estimate of drug-likeness (QED) is 0.213. The van der Waals surface area contributed by atoms with Gasteiger partial charge < -0.3 is 30.3 Å². The van der Waals surface area contributed by atoms with Gasteiger partial charge in [0.1, 0.15) is 29.2 Å². The van der Waals surface area contributed by atoms with Crippen molar-refractivity contribution < 1.29 is 34.1 Å². The molecule has 2 atom stereocenters. The van der Waals surface area contributed by atoms with Crippen molar-refractivity contribution in [3.63, 3.8) is 0 Å². The first-order chi connectivity index (χ1) is 17.9. The van der Waals surface area contributed by atoms with E-state index in [-0.39, 0.29) is 12.2 Å². The lowest BCUT2D eigenvalue weighted by Crippen LogP contribution is -2.55. The number of benzene rings is 2. The Kier molecular flexibility index (Phi) is 11.4. The molecule has 0 aromatic heterocycles. The van der Waals surface area contributed by atoms with Gasteiger partial charge in [-0.2, -0.15) is 5.10 Å². The number of amides is 3. The Labute approximate surface area is 226 Å². The molecule has 2 rings (SSSR count). The summed E-state index contributed by atoms with van der Waals surface area (Å²) in [5.41, 5.74) is 2.72. The number of ether oxygens (including phenoxy) is 2. The molecule has 0 aliphatic carbocycles. The number of hydrogen-bond acceptors (Lipinski definition) is 8. The lowest BCUT2D eigenvalue weighted by atomic mass is 10.0. The molecule has 3 amide bonds. The van der Waals surface area contributed by atoms with Crippen molar-refractivity contribution in [1.29, 1.82) is 0 Å². The number of carbonyl (C=O) groups is 3. The molecule has 0 fully saturated rings. The Morgan fingerprint density at radius 3 is 2.34 bits per heavy atom. The van der Waals surface area contributed by atoms with Crippen molar-refractivity contribution in [2.24, 2.45) is 5.10 Å². The van der Waals surface area contributed by atoms with Crippen LogP contribution in [-0.4, -0.2) is 65.2 Å². The molecule has 11 nitrogen and oxygen atoms in total. The van der Waals surface area contributed by atoms with Crippen LogP contribution in [0.25, 0.3) is 0 Å². The fraction of sp³-hybridized carbons (Fsp3) is 0.385. The van der Waals surface area contributed by atoms with Crippen molar-refractivity contribution in [2.75, 3.05) is 13.2 Å². The van der Waals surface area contributed by atoms with E-state index in [4.69, 9.17) is 21.1 Å². The van der Waals surface area contributed by atoms with E-state index in [1.54, 1.807) is 51.1 Å². The van der Waals surface area contributed by atoms with E-state index in [9.17, 15) is 24.6 Å². The minimum absolute atomic E-state index is 0.0271. The van der Waals surface area contributed by atoms with E-state index in [2.05, 4.69) is 21.2 Å². The van der Waals surface area contributed by atoms with Crippen molar-refractivity contribution >= 4 is 35.7 Å². The SMILES string of the molecule is CCOc1ccc(Cl)cc1/C=N\NC(=O)[C@H](Cc1ccc(O)cc1)NC(=O)[C@H](CO)NC(=O)OC(C)(C)C. The van der Waals surface area contributed by atoms with Gasteiger partial charge in [-0.3, -0.25) is 9.59 Å². The number of phenols is 1. The molecule has 5 N–H and O–H groups in total. The van der Waals surface area contributed by atoms with Crippen LogP contribution in [0.4, 0.5) is 4.79 Å². The first-order valence-electron chi connectivity index (χ1n) is 11.9. The number of carbonyl (C=O) groups excluding carboxylic acids is 3. The van der Waals surface area contributed by atoms with E-state index in [1.165, 1.54) is 18.3 Å². The summed E-state index contributed by atoms with van der Waals surface area (Å²) in [6.07, 6.45) is 0.483. The van der Waals surface area contributed by atoms with Crippen LogP contribution in [-0.2, 0) is 20.7 Å². The highest BCUT2D eigenvalue weighted by Crippen LogP contribution is 2.21. The van der Waals surface area contributed by atoms with Crippen LogP contribution in [0.3, 0.4) is 0 Å². The van der Waals surface area contributed by atoms with Crippen LogP contribution in [0, 0.1) is 0 Å².